The van der Waals surface area contributed by atoms with Crippen LogP contribution in [-0.4, -0.2) is 20.2 Å². The number of nitrogens with one attached hydrogen (secondary N) is 3. The fourth-order valence-corrected chi connectivity index (χ4v) is 5.38. The molecule has 0 unspecified atom stereocenters. The lowest BCUT2D eigenvalue weighted by atomic mass is 10.0. The van der Waals surface area contributed by atoms with Crippen molar-refractivity contribution in [1.82, 2.24) is 25.5 Å². The predicted molar refractivity (Wildman–Crippen MR) is 174 cm³/mol. The number of aromatic amines is 2. The van der Waals surface area contributed by atoms with E-state index in [2.05, 4.69) is 75.3 Å². The minimum atomic E-state index is 0.703. The van der Waals surface area contributed by atoms with Crippen molar-refractivity contribution >= 4 is 34.5 Å². The lowest BCUT2D eigenvalue weighted by molar-refractivity contribution is 0.940. The number of fused-ring (bicyclic) bond motifs is 1. The van der Waals surface area contributed by atoms with E-state index < -0.39 is 0 Å². The Morgan fingerprint density at radius 3 is 2.59 bits per heavy atom. The van der Waals surface area contributed by atoms with Crippen LogP contribution in [0.1, 0.15) is 19.4 Å². The minimum Gasteiger partial charge on any atom is -0.359 e. The first-order chi connectivity index (χ1) is 20.0. The lowest BCUT2D eigenvalue weighted by Gasteiger charge is -2.12. The van der Waals surface area contributed by atoms with Crippen LogP contribution in [0.5, 0.6) is 0 Å². The molecule has 3 N–H and O–H groups in total. The van der Waals surface area contributed by atoms with E-state index in [0.29, 0.717) is 5.82 Å². The topological polar surface area (TPSA) is 69.4 Å². The largest absolute Gasteiger partial charge is 0.359 e. The van der Waals surface area contributed by atoms with E-state index in [1.807, 2.05) is 68.5 Å². The summed E-state index contributed by atoms with van der Waals surface area (Å²) in [4.78, 5) is 8.47. The molecule has 0 radical (unpaired) electrons. The first-order valence-corrected chi connectivity index (χ1v) is 14.4. The van der Waals surface area contributed by atoms with Gasteiger partial charge in [0.2, 0.25) is 0 Å². The molecule has 0 aliphatic rings. The third kappa shape index (κ3) is 6.13. The van der Waals surface area contributed by atoms with Crippen LogP contribution in [0.15, 0.2) is 126 Å². The van der Waals surface area contributed by atoms with Crippen LogP contribution < -0.4 is 15.9 Å². The van der Waals surface area contributed by atoms with Crippen LogP contribution in [0.25, 0.3) is 45.8 Å². The summed E-state index contributed by atoms with van der Waals surface area (Å²) in [7, 11) is 0. The number of aromatic nitrogens is 4. The Morgan fingerprint density at radius 1 is 1.05 bits per heavy atom. The van der Waals surface area contributed by atoms with Gasteiger partial charge in [-0.1, -0.05) is 74.4 Å². The first-order valence-electron chi connectivity index (χ1n) is 13.4. The molecule has 0 spiro atoms. The SMILES string of the molecule is C=C/C(=C\C(=C/C)C(=C)/C=c1/c(-c2nc3c(-c4ccsc4)cccc3[nH]2)n[nH]/c1=C/C)NC(=C)Cc1ccccc1. The third-order valence-corrected chi connectivity index (χ3v) is 7.49. The number of para-hydroxylation sites is 1. The molecule has 5 aromatic rings. The summed E-state index contributed by atoms with van der Waals surface area (Å²) in [5.74, 6) is 0.703. The number of H-pyrrole nitrogens is 2. The number of rotatable bonds is 10. The van der Waals surface area contributed by atoms with E-state index in [4.69, 9.17) is 4.98 Å². The summed E-state index contributed by atoms with van der Waals surface area (Å²) >= 11 is 1.68. The maximum Gasteiger partial charge on any atom is 0.159 e. The zero-order valence-corrected chi connectivity index (χ0v) is 24.2. The Hall–Kier alpha value is -4.94. The lowest BCUT2D eigenvalue weighted by Crippen LogP contribution is -2.24. The van der Waals surface area contributed by atoms with Crippen LogP contribution in [-0.2, 0) is 6.42 Å². The van der Waals surface area contributed by atoms with Crippen molar-refractivity contribution in [3.05, 3.63) is 142 Å². The van der Waals surface area contributed by atoms with E-state index >= 15 is 0 Å². The second-order valence-electron chi connectivity index (χ2n) is 9.60. The van der Waals surface area contributed by atoms with E-state index in [1.54, 1.807) is 17.4 Å². The zero-order chi connectivity index (χ0) is 28.8. The molecular formula is C35H33N5S. The Morgan fingerprint density at radius 2 is 1.88 bits per heavy atom. The minimum absolute atomic E-state index is 0.703. The molecule has 5 rings (SSSR count). The van der Waals surface area contributed by atoms with Gasteiger partial charge in [-0.3, -0.25) is 5.10 Å². The molecule has 5 nitrogen and oxygen atoms in total. The van der Waals surface area contributed by atoms with Crippen molar-refractivity contribution in [2.75, 3.05) is 0 Å². The molecule has 204 valence electrons. The number of benzene rings is 2. The molecule has 0 aliphatic carbocycles. The molecule has 0 fully saturated rings. The molecule has 0 saturated carbocycles. The van der Waals surface area contributed by atoms with Crippen molar-refractivity contribution in [1.29, 1.82) is 0 Å². The molecular weight excluding hydrogens is 522 g/mol. The number of nitrogens with zero attached hydrogens (tertiary/aromatic N) is 2. The molecule has 0 bridgehead atoms. The monoisotopic (exact) mass is 555 g/mol. The molecule has 6 heteroatoms. The van der Waals surface area contributed by atoms with Crippen molar-refractivity contribution in [2.45, 2.75) is 20.3 Å². The molecule has 3 aromatic heterocycles. The van der Waals surface area contributed by atoms with E-state index in [0.717, 1.165) is 67.4 Å². The molecule has 0 saturated heterocycles. The normalized spacial score (nSPS) is 13.1. The zero-order valence-electron chi connectivity index (χ0n) is 23.4. The molecule has 3 heterocycles. The second kappa shape index (κ2) is 12.5. The van der Waals surface area contributed by atoms with Crippen LogP contribution in [0.3, 0.4) is 0 Å². The van der Waals surface area contributed by atoms with Gasteiger partial charge in [-0.25, -0.2) is 4.98 Å². The van der Waals surface area contributed by atoms with E-state index in [-0.39, 0.29) is 0 Å². The van der Waals surface area contributed by atoms with Gasteiger partial charge < -0.3 is 10.3 Å². The van der Waals surface area contributed by atoms with Gasteiger partial charge >= 0.3 is 0 Å². The maximum atomic E-state index is 4.99. The average molecular weight is 556 g/mol. The summed E-state index contributed by atoms with van der Waals surface area (Å²) in [6, 6.07) is 18.6. The molecule has 0 amide bonds. The van der Waals surface area contributed by atoms with Crippen molar-refractivity contribution in [3.63, 3.8) is 0 Å². The summed E-state index contributed by atoms with van der Waals surface area (Å²) in [6.45, 7) is 16.6. The highest BCUT2D eigenvalue weighted by molar-refractivity contribution is 7.08. The highest BCUT2D eigenvalue weighted by Gasteiger charge is 2.14. The smallest absolute Gasteiger partial charge is 0.159 e. The second-order valence-corrected chi connectivity index (χ2v) is 10.4. The Kier molecular flexibility index (Phi) is 8.42. The predicted octanol–water partition coefficient (Wildman–Crippen LogP) is 7.18. The number of hydrogen-bond donors (Lipinski definition) is 3. The molecule has 41 heavy (non-hydrogen) atoms. The molecule has 2 aromatic carbocycles. The van der Waals surface area contributed by atoms with Gasteiger partial charge in [0.25, 0.3) is 0 Å². The number of hydrogen-bond acceptors (Lipinski definition) is 4. The van der Waals surface area contributed by atoms with Crippen molar-refractivity contribution in [3.8, 4) is 22.6 Å². The molecule has 0 atom stereocenters. The van der Waals surface area contributed by atoms with Gasteiger partial charge in [0.1, 0.15) is 5.69 Å². The Bertz CT molecular complexity index is 1900. The fourth-order valence-electron chi connectivity index (χ4n) is 4.73. The van der Waals surface area contributed by atoms with Gasteiger partial charge in [0, 0.05) is 28.6 Å². The van der Waals surface area contributed by atoms with Gasteiger partial charge in [0.15, 0.2) is 5.82 Å². The summed E-state index contributed by atoms with van der Waals surface area (Å²) < 4.78 is 0. The van der Waals surface area contributed by atoms with E-state index in [9.17, 15) is 0 Å². The standard InChI is InChI=1S/C35H33N5S/c1-6-26(21-28(7-2)36-24(5)20-25-13-10-9-11-14-25)23(4)19-30-31(8-3)39-40-34(30)35-37-32-16-12-15-29(33(32)38-35)27-17-18-41-22-27/h6-19,21-22,36,39H,2,4-5,20H2,1,3H3,(H,37,38)/b26-6+,28-21+,30-19+,31-8+. The summed E-state index contributed by atoms with van der Waals surface area (Å²) in [5.41, 5.74) is 9.61. The van der Waals surface area contributed by atoms with Crippen molar-refractivity contribution < 1.29 is 0 Å². The average Bonchev–Trinajstić information content (AvgIpc) is 3.75. The Balaban J connectivity index is 1.47. The van der Waals surface area contributed by atoms with Gasteiger partial charge in [0.05, 0.1) is 16.4 Å². The first kappa shape index (κ1) is 27.6. The summed E-state index contributed by atoms with van der Waals surface area (Å²) in [6.07, 6.45) is 10.6. The number of imidazole rings is 1. The van der Waals surface area contributed by atoms with Gasteiger partial charge in [-0.2, -0.15) is 16.4 Å². The fraction of sp³-hybridized carbons (Fsp3) is 0.0857. The van der Waals surface area contributed by atoms with E-state index in [1.165, 1.54) is 5.56 Å². The summed E-state index contributed by atoms with van der Waals surface area (Å²) in [5, 5.41) is 17.2. The highest BCUT2D eigenvalue weighted by Crippen LogP contribution is 2.30. The van der Waals surface area contributed by atoms with Crippen LogP contribution in [0, 0.1) is 0 Å². The maximum absolute atomic E-state index is 4.99. The molecule has 0 aliphatic heterocycles. The van der Waals surface area contributed by atoms with Gasteiger partial charge in [-0.15, -0.1) is 0 Å². The van der Waals surface area contributed by atoms with Crippen LogP contribution in [0.2, 0.25) is 0 Å². The Labute approximate surface area is 244 Å². The quantitative estimate of drug-likeness (QED) is 0.160. The number of allylic oxidation sites excluding steroid dienone is 6. The van der Waals surface area contributed by atoms with Crippen LogP contribution in [0.4, 0.5) is 0 Å². The highest BCUT2D eigenvalue weighted by atomic mass is 32.1. The number of thiophene rings is 1. The van der Waals surface area contributed by atoms with Crippen LogP contribution >= 0.6 is 11.3 Å². The third-order valence-electron chi connectivity index (χ3n) is 6.80. The van der Waals surface area contributed by atoms with Gasteiger partial charge in [-0.05, 0) is 77.2 Å². The van der Waals surface area contributed by atoms with Crippen molar-refractivity contribution in [2.24, 2.45) is 0 Å².